The first-order valence-corrected chi connectivity index (χ1v) is 1.37. The Hall–Kier alpha value is -0.550. The first-order chi connectivity index (χ1) is 2.41. The van der Waals surface area contributed by atoms with E-state index in [0.717, 1.165) is 0 Å². The van der Waals surface area contributed by atoms with E-state index in [4.69, 9.17) is 0 Å². The molecule has 0 atom stereocenters. The molecule has 0 heterocycles. The van der Waals surface area contributed by atoms with Crippen LogP contribution in [0.1, 0.15) is 6.92 Å². The van der Waals surface area contributed by atoms with Crippen molar-refractivity contribution < 1.29 is 4.39 Å². The van der Waals surface area contributed by atoms with Gasteiger partial charge in [-0.25, -0.2) is 4.39 Å². The highest BCUT2D eigenvalue weighted by Gasteiger charge is 1.39. The molecule has 1 heteroatoms. The first-order valence-electron chi connectivity index (χ1n) is 1.37. The Morgan fingerprint density at radius 3 is 2.40 bits per heavy atom. The molecule has 0 aromatic heterocycles. The van der Waals surface area contributed by atoms with Crippen LogP contribution in [-0.4, -0.2) is 0 Å². The van der Waals surface area contributed by atoms with Crippen LogP contribution in [0.3, 0.4) is 0 Å². The van der Waals surface area contributed by atoms with Crippen molar-refractivity contribution in [1.29, 1.82) is 0 Å². The van der Waals surface area contributed by atoms with E-state index >= 15 is 0 Å². The zero-order valence-corrected chi connectivity index (χ0v) is 3.03. The van der Waals surface area contributed by atoms with Crippen LogP contribution in [0.15, 0.2) is 18.1 Å². The van der Waals surface area contributed by atoms with Crippen LogP contribution >= 0.6 is 0 Å². The summed E-state index contributed by atoms with van der Waals surface area (Å²) in [6, 6.07) is 0. The highest BCUT2D eigenvalue weighted by atomic mass is 19.1. The Balaban J connectivity index is 3.26. The molecule has 0 N–H and O–H groups in total. The molecule has 28 valence electrons. The van der Waals surface area contributed by atoms with Gasteiger partial charge in [-0.3, -0.25) is 0 Å². The van der Waals surface area contributed by atoms with Gasteiger partial charge in [0.05, 0.1) is 0 Å². The fourth-order valence-electron chi connectivity index (χ4n) is 0.0630. The summed E-state index contributed by atoms with van der Waals surface area (Å²) in [6.07, 6.45) is 1.88. The molecule has 0 nitrogen and oxygen atoms in total. The molecule has 0 radical (unpaired) electrons. The molecule has 5 heavy (non-hydrogen) atoms. The van der Waals surface area contributed by atoms with Crippen molar-refractivity contribution in [3.05, 3.63) is 18.1 Å². The number of allylic oxidation sites excluding steroid dienone is 1. The van der Waals surface area contributed by atoms with Gasteiger partial charge in [-0.05, 0) is 13.0 Å². The van der Waals surface area contributed by atoms with Gasteiger partial charge >= 0.3 is 0 Å². The minimum absolute atomic E-state index is 0.375. The second kappa shape index (κ2) is 3.45. The average Bonchev–Trinajstić information content (AvgIpc) is 1.41. The maximum atomic E-state index is 10.7. The van der Waals surface area contributed by atoms with E-state index in [0.29, 0.717) is 6.33 Å². The Bertz CT molecular complexity index is 52.0. The Labute approximate surface area is 30.6 Å². The standard InChI is InChI=1S/C4H5F/c1-2-3-4-5/h2,4H,1H3. The molecule has 0 saturated heterocycles. The van der Waals surface area contributed by atoms with Crippen molar-refractivity contribution in [1.82, 2.24) is 0 Å². The molecule has 0 aliphatic rings. The second-order valence-electron chi connectivity index (χ2n) is 0.564. The zero-order valence-electron chi connectivity index (χ0n) is 3.03. The molecule has 0 amide bonds. The van der Waals surface area contributed by atoms with Gasteiger partial charge in [-0.15, -0.1) is 0 Å². The number of hydrogen-bond acceptors (Lipinski definition) is 0. The van der Waals surface area contributed by atoms with E-state index < -0.39 is 0 Å². The van der Waals surface area contributed by atoms with E-state index in [2.05, 4.69) is 5.73 Å². The molecule has 0 aromatic rings. The molecule has 0 saturated carbocycles. The molecule has 0 unspecified atom stereocenters. The van der Waals surface area contributed by atoms with E-state index in [9.17, 15) is 4.39 Å². The van der Waals surface area contributed by atoms with Gasteiger partial charge in [-0.2, -0.15) is 0 Å². The molecule has 0 spiro atoms. The average molecular weight is 72.1 g/mol. The van der Waals surface area contributed by atoms with Crippen molar-refractivity contribution in [2.24, 2.45) is 0 Å². The highest BCUT2D eigenvalue weighted by molar-refractivity contribution is 4.72. The molecular weight excluding hydrogens is 67.0 g/mol. The summed E-state index contributed by atoms with van der Waals surface area (Å²) < 4.78 is 10.7. The smallest absolute Gasteiger partial charge is 0.128 e. The lowest BCUT2D eigenvalue weighted by molar-refractivity contribution is 0.723. The third-order valence-corrected chi connectivity index (χ3v) is 0.230. The van der Waals surface area contributed by atoms with Gasteiger partial charge in [0.25, 0.3) is 0 Å². The maximum Gasteiger partial charge on any atom is 0.128 e. The maximum absolute atomic E-state index is 10.7. The van der Waals surface area contributed by atoms with Crippen molar-refractivity contribution in [2.75, 3.05) is 0 Å². The highest BCUT2D eigenvalue weighted by Crippen LogP contribution is 1.61. The van der Waals surface area contributed by atoms with Crippen LogP contribution in [0.4, 0.5) is 4.39 Å². The molecule has 0 rings (SSSR count). The molecule has 0 aliphatic heterocycles. The SMILES string of the molecule is CC=C=CF. The summed E-state index contributed by atoms with van der Waals surface area (Å²) in [5.41, 5.74) is 2.19. The van der Waals surface area contributed by atoms with Gasteiger partial charge in [0.15, 0.2) is 0 Å². The topological polar surface area (TPSA) is 0 Å². The summed E-state index contributed by atoms with van der Waals surface area (Å²) in [5, 5.41) is 0. The number of halogens is 1. The van der Waals surface area contributed by atoms with Gasteiger partial charge in [0.2, 0.25) is 0 Å². The summed E-state index contributed by atoms with van der Waals surface area (Å²) in [7, 11) is 0. The summed E-state index contributed by atoms with van der Waals surface area (Å²) in [6.45, 7) is 1.70. The quantitative estimate of drug-likeness (QED) is 0.381. The molecule has 0 aliphatic carbocycles. The van der Waals surface area contributed by atoms with Crippen LogP contribution in [0.25, 0.3) is 0 Å². The third kappa shape index (κ3) is 3.45. The predicted molar refractivity (Wildman–Crippen MR) is 19.4 cm³/mol. The predicted octanol–water partition coefficient (Wildman–Crippen LogP) is 1.64. The van der Waals surface area contributed by atoms with E-state index in [1.807, 2.05) is 0 Å². The van der Waals surface area contributed by atoms with Crippen molar-refractivity contribution in [2.45, 2.75) is 6.92 Å². The summed E-state index contributed by atoms with van der Waals surface area (Å²) in [5.74, 6) is 0. The number of rotatable bonds is 0. The van der Waals surface area contributed by atoms with Gasteiger partial charge in [-0.1, -0.05) is 5.73 Å². The lowest BCUT2D eigenvalue weighted by Gasteiger charge is -1.45. The Morgan fingerprint density at radius 2 is 2.40 bits per heavy atom. The summed E-state index contributed by atoms with van der Waals surface area (Å²) in [4.78, 5) is 0. The minimum atomic E-state index is 0.375. The number of hydrogen-bond donors (Lipinski definition) is 0. The first kappa shape index (κ1) is 4.45. The van der Waals surface area contributed by atoms with E-state index in [1.54, 1.807) is 6.92 Å². The van der Waals surface area contributed by atoms with E-state index in [-0.39, 0.29) is 0 Å². The molecule has 0 bridgehead atoms. The van der Waals surface area contributed by atoms with Crippen molar-refractivity contribution in [3.8, 4) is 0 Å². The lowest BCUT2D eigenvalue weighted by atomic mass is 10.7. The van der Waals surface area contributed by atoms with Crippen molar-refractivity contribution in [3.63, 3.8) is 0 Å². The minimum Gasteiger partial charge on any atom is -0.206 e. The van der Waals surface area contributed by atoms with Gasteiger partial charge in [0, 0.05) is 0 Å². The fourth-order valence-corrected chi connectivity index (χ4v) is 0.0630. The van der Waals surface area contributed by atoms with E-state index in [1.165, 1.54) is 6.08 Å². The van der Waals surface area contributed by atoms with Crippen LogP contribution in [0.2, 0.25) is 0 Å². The normalized spacial score (nSPS) is 5.20. The summed E-state index contributed by atoms with van der Waals surface area (Å²) >= 11 is 0. The molecule has 0 aromatic carbocycles. The van der Waals surface area contributed by atoms with Gasteiger partial charge in [0.1, 0.15) is 6.33 Å². The Morgan fingerprint density at radius 1 is 1.80 bits per heavy atom. The largest absolute Gasteiger partial charge is 0.206 e. The fraction of sp³-hybridized carbons (Fsp3) is 0.250. The third-order valence-electron chi connectivity index (χ3n) is 0.230. The van der Waals surface area contributed by atoms with Gasteiger partial charge < -0.3 is 0 Å². The van der Waals surface area contributed by atoms with Crippen LogP contribution < -0.4 is 0 Å². The Kier molecular flexibility index (Phi) is 3.07. The molecule has 0 fully saturated rings. The van der Waals surface area contributed by atoms with Crippen LogP contribution in [0.5, 0.6) is 0 Å². The van der Waals surface area contributed by atoms with Crippen LogP contribution in [0, 0.1) is 0 Å². The monoisotopic (exact) mass is 72.0 g/mol. The van der Waals surface area contributed by atoms with Crippen molar-refractivity contribution >= 4 is 0 Å². The van der Waals surface area contributed by atoms with Crippen LogP contribution in [-0.2, 0) is 0 Å². The zero-order chi connectivity index (χ0) is 4.12. The lowest BCUT2D eigenvalue weighted by Crippen LogP contribution is -1.23. The molecular formula is C4H5F. The second-order valence-corrected chi connectivity index (χ2v) is 0.564.